The van der Waals surface area contributed by atoms with Crippen LogP contribution < -0.4 is 5.73 Å². The molecule has 5 nitrogen and oxygen atoms in total. The number of nitro groups is 1. The monoisotopic (exact) mass is 313 g/mol. The molecule has 1 fully saturated rings. The van der Waals surface area contributed by atoms with Crippen LogP contribution in [0.5, 0.6) is 0 Å². The van der Waals surface area contributed by atoms with Gasteiger partial charge >= 0.3 is 0 Å². The van der Waals surface area contributed by atoms with E-state index in [0.717, 1.165) is 18.7 Å². The molecular formula is C12H16BrN3O2. The Labute approximate surface area is 114 Å². The Morgan fingerprint density at radius 1 is 1.56 bits per heavy atom. The largest absolute Gasteiger partial charge is 0.326 e. The number of hydrogen-bond acceptors (Lipinski definition) is 4. The van der Waals surface area contributed by atoms with E-state index in [1.54, 1.807) is 12.1 Å². The van der Waals surface area contributed by atoms with Crippen molar-refractivity contribution in [3.63, 3.8) is 0 Å². The molecule has 0 bridgehead atoms. The van der Waals surface area contributed by atoms with Crippen molar-refractivity contribution in [1.82, 2.24) is 4.90 Å². The highest BCUT2D eigenvalue weighted by molar-refractivity contribution is 9.10. The highest BCUT2D eigenvalue weighted by Crippen LogP contribution is 2.27. The quantitative estimate of drug-likeness (QED) is 0.685. The Bertz CT molecular complexity index is 457. The van der Waals surface area contributed by atoms with Gasteiger partial charge in [-0.25, -0.2) is 0 Å². The Balaban J connectivity index is 2.11. The van der Waals surface area contributed by atoms with Gasteiger partial charge in [-0.2, -0.15) is 0 Å². The number of nitro benzene ring substituents is 1. The molecule has 1 aromatic rings. The molecule has 2 atom stereocenters. The standard InChI is InChI=1S/C12H16BrN3O2/c1-8-5-15(7-11(8)14)6-9-2-3-10(13)12(4-9)16(17)18/h2-4,8,11H,5-7,14H2,1H3. The molecule has 0 aromatic heterocycles. The summed E-state index contributed by atoms with van der Waals surface area (Å²) in [6.45, 7) is 4.65. The zero-order chi connectivity index (χ0) is 13.3. The molecule has 1 aliphatic heterocycles. The van der Waals surface area contributed by atoms with Crippen LogP contribution in [-0.4, -0.2) is 29.0 Å². The first-order valence-corrected chi connectivity index (χ1v) is 6.67. The van der Waals surface area contributed by atoms with Crippen LogP contribution in [0.4, 0.5) is 5.69 Å². The predicted octanol–water partition coefficient (Wildman–Crippen LogP) is 2.14. The van der Waals surface area contributed by atoms with Crippen LogP contribution in [0.3, 0.4) is 0 Å². The van der Waals surface area contributed by atoms with Crippen LogP contribution in [0.15, 0.2) is 22.7 Å². The van der Waals surface area contributed by atoms with Crippen molar-refractivity contribution in [2.75, 3.05) is 13.1 Å². The molecule has 0 saturated carbocycles. The summed E-state index contributed by atoms with van der Waals surface area (Å²) in [6.07, 6.45) is 0. The van der Waals surface area contributed by atoms with Crippen LogP contribution in [0, 0.1) is 16.0 Å². The van der Waals surface area contributed by atoms with Crippen molar-refractivity contribution in [3.8, 4) is 0 Å². The van der Waals surface area contributed by atoms with Crippen molar-refractivity contribution in [2.45, 2.75) is 19.5 Å². The first-order chi connectivity index (χ1) is 8.47. The number of hydrogen-bond donors (Lipinski definition) is 1. The maximum absolute atomic E-state index is 10.9. The van der Waals surface area contributed by atoms with E-state index in [4.69, 9.17) is 5.73 Å². The van der Waals surface area contributed by atoms with Crippen LogP contribution in [-0.2, 0) is 6.54 Å². The van der Waals surface area contributed by atoms with Crippen molar-refractivity contribution < 1.29 is 4.92 Å². The van der Waals surface area contributed by atoms with Crippen LogP contribution in [0.1, 0.15) is 12.5 Å². The minimum atomic E-state index is -0.369. The average molecular weight is 314 g/mol. The second kappa shape index (κ2) is 5.34. The Morgan fingerprint density at radius 3 is 2.83 bits per heavy atom. The first-order valence-electron chi connectivity index (χ1n) is 5.88. The van der Waals surface area contributed by atoms with Gasteiger partial charge in [-0.3, -0.25) is 15.0 Å². The highest BCUT2D eigenvalue weighted by atomic mass is 79.9. The molecule has 1 heterocycles. The van der Waals surface area contributed by atoms with Crippen molar-refractivity contribution in [1.29, 1.82) is 0 Å². The van der Waals surface area contributed by atoms with E-state index < -0.39 is 0 Å². The summed E-state index contributed by atoms with van der Waals surface area (Å²) in [7, 11) is 0. The van der Waals surface area contributed by atoms with Gasteiger partial charge in [-0.1, -0.05) is 13.0 Å². The molecule has 2 N–H and O–H groups in total. The third kappa shape index (κ3) is 2.88. The predicted molar refractivity (Wildman–Crippen MR) is 73.2 cm³/mol. The normalized spacial score (nSPS) is 24.4. The van der Waals surface area contributed by atoms with Gasteiger partial charge in [0, 0.05) is 31.7 Å². The maximum Gasteiger partial charge on any atom is 0.283 e. The summed E-state index contributed by atoms with van der Waals surface area (Å²) in [5.74, 6) is 0.482. The van der Waals surface area contributed by atoms with Crippen LogP contribution in [0.2, 0.25) is 0 Å². The number of likely N-dealkylation sites (tertiary alicyclic amines) is 1. The topological polar surface area (TPSA) is 72.4 Å². The second-order valence-corrected chi connectivity index (χ2v) is 5.73. The van der Waals surface area contributed by atoms with Crippen LogP contribution >= 0.6 is 15.9 Å². The third-order valence-electron chi connectivity index (χ3n) is 3.36. The minimum absolute atomic E-state index is 0.115. The highest BCUT2D eigenvalue weighted by Gasteiger charge is 2.26. The fraction of sp³-hybridized carbons (Fsp3) is 0.500. The molecule has 0 radical (unpaired) electrons. The van der Waals surface area contributed by atoms with E-state index in [1.807, 2.05) is 6.07 Å². The van der Waals surface area contributed by atoms with E-state index in [0.29, 0.717) is 16.9 Å². The molecule has 1 aromatic carbocycles. The average Bonchev–Trinajstić information content (AvgIpc) is 2.60. The molecule has 18 heavy (non-hydrogen) atoms. The van der Waals surface area contributed by atoms with Crippen molar-refractivity contribution in [2.24, 2.45) is 11.7 Å². The lowest BCUT2D eigenvalue weighted by Crippen LogP contribution is -2.28. The van der Waals surface area contributed by atoms with Gasteiger partial charge in [0.15, 0.2) is 0 Å². The lowest BCUT2D eigenvalue weighted by Gasteiger charge is -2.15. The second-order valence-electron chi connectivity index (χ2n) is 4.88. The van der Waals surface area contributed by atoms with E-state index in [9.17, 15) is 10.1 Å². The van der Waals surface area contributed by atoms with Crippen molar-refractivity contribution >= 4 is 21.6 Å². The van der Waals surface area contributed by atoms with Gasteiger partial charge in [0.1, 0.15) is 0 Å². The lowest BCUT2D eigenvalue weighted by atomic mass is 10.1. The maximum atomic E-state index is 10.9. The van der Waals surface area contributed by atoms with E-state index in [1.165, 1.54) is 0 Å². The fourth-order valence-corrected chi connectivity index (χ4v) is 2.67. The van der Waals surface area contributed by atoms with Crippen LogP contribution in [0.25, 0.3) is 0 Å². The Hall–Kier alpha value is -0.980. The fourth-order valence-electron chi connectivity index (χ4n) is 2.28. The van der Waals surface area contributed by atoms with E-state index in [-0.39, 0.29) is 16.7 Å². The molecule has 2 rings (SSSR count). The Kier molecular flexibility index (Phi) is 3.99. The molecule has 6 heteroatoms. The molecule has 1 saturated heterocycles. The molecule has 98 valence electrons. The van der Waals surface area contributed by atoms with Gasteiger partial charge in [-0.15, -0.1) is 0 Å². The summed E-state index contributed by atoms with van der Waals surface area (Å²) >= 11 is 3.19. The number of halogens is 1. The molecule has 1 aliphatic rings. The summed E-state index contributed by atoms with van der Waals surface area (Å²) in [5.41, 5.74) is 7.03. The number of rotatable bonds is 3. The third-order valence-corrected chi connectivity index (χ3v) is 4.03. The van der Waals surface area contributed by atoms with Gasteiger partial charge in [-0.05, 0) is 33.5 Å². The van der Waals surface area contributed by atoms with E-state index in [2.05, 4.69) is 27.8 Å². The SMILES string of the molecule is CC1CN(Cc2ccc(Br)c([N+](=O)[O-])c2)CC1N. The van der Waals surface area contributed by atoms with Gasteiger partial charge in [0.25, 0.3) is 5.69 Å². The molecule has 0 aliphatic carbocycles. The Morgan fingerprint density at radius 2 is 2.28 bits per heavy atom. The first kappa shape index (κ1) is 13.5. The summed E-state index contributed by atoms with van der Waals surface area (Å²) in [5, 5.41) is 10.9. The van der Waals surface area contributed by atoms with Gasteiger partial charge < -0.3 is 5.73 Å². The number of benzene rings is 1. The van der Waals surface area contributed by atoms with E-state index >= 15 is 0 Å². The zero-order valence-electron chi connectivity index (χ0n) is 10.2. The molecule has 0 spiro atoms. The number of nitrogens with two attached hydrogens (primary N) is 1. The van der Waals surface area contributed by atoms with Crippen molar-refractivity contribution in [3.05, 3.63) is 38.3 Å². The minimum Gasteiger partial charge on any atom is -0.326 e. The smallest absolute Gasteiger partial charge is 0.283 e. The molecular weight excluding hydrogens is 298 g/mol. The summed E-state index contributed by atoms with van der Waals surface area (Å²) < 4.78 is 0.516. The molecule has 0 amide bonds. The zero-order valence-corrected chi connectivity index (χ0v) is 11.8. The number of nitrogens with zero attached hydrogens (tertiary/aromatic N) is 2. The lowest BCUT2D eigenvalue weighted by molar-refractivity contribution is -0.385. The summed E-state index contributed by atoms with van der Waals surface area (Å²) in [4.78, 5) is 12.7. The van der Waals surface area contributed by atoms with Gasteiger partial charge in [0.05, 0.1) is 9.40 Å². The summed E-state index contributed by atoms with van der Waals surface area (Å²) in [6, 6.07) is 5.47. The van der Waals surface area contributed by atoms with Gasteiger partial charge in [0.2, 0.25) is 0 Å². The molecule has 2 unspecified atom stereocenters.